The summed E-state index contributed by atoms with van der Waals surface area (Å²) in [5.74, 6) is 0.105. The first-order valence-electron chi connectivity index (χ1n) is 5.42. The molecule has 0 spiro atoms. The first-order valence-corrected chi connectivity index (χ1v) is 5.80. The van der Waals surface area contributed by atoms with Crippen LogP contribution in [0.4, 0.5) is 11.4 Å². The molecule has 0 aromatic heterocycles. The van der Waals surface area contributed by atoms with E-state index in [4.69, 9.17) is 11.6 Å². The number of anilines is 2. The summed E-state index contributed by atoms with van der Waals surface area (Å²) in [6.45, 7) is 0. The molecule has 0 aliphatic carbocycles. The summed E-state index contributed by atoms with van der Waals surface area (Å²) < 4.78 is 0. The molecule has 0 saturated heterocycles. The minimum Gasteiger partial charge on any atom is -0.280 e. The highest BCUT2D eigenvalue weighted by atomic mass is 35.5. The molecule has 0 bridgehead atoms. The van der Waals surface area contributed by atoms with Crippen molar-refractivity contribution in [2.24, 2.45) is 0 Å². The Balaban J connectivity index is 2.09. The van der Waals surface area contributed by atoms with Crippen LogP contribution in [-0.2, 0) is 11.2 Å². The van der Waals surface area contributed by atoms with Crippen LogP contribution in [0.25, 0.3) is 0 Å². The highest BCUT2D eigenvalue weighted by Gasteiger charge is 2.27. The third kappa shape index (κ3) is 1.71. The van der Waals surface area contributed by atoms with E-state index in [1.165, 1.54) is 0 Å². The maximum atomic E-state index is 12.0. The number of carbonyl (C=O) groups excluding carboxylic acids is 1. The average Bonchev–Trinajstić information content (AvgIpc) is 2.66. The van der Waals surface area contributed by atoms with E-state index in [2.05, 4.69) is 0 Å². The molecule has 2 aromatic rings. The smallest absolute Gasteiger partial charge is 0.236 e. The van der Waals surface area contributed by atoms with Gasteiger partial charge in [-0.15, -0.1) is 0 Å². The number of benzene rings is 2. The van der Waals surface area contributed by atoms with Crippen LogP contribution in [0.15, 0.2) is 48.5 Å². The molecule has 3 rings (SSSR count). The van der Waals surface area contributed by atoms with Gasteiger partial charge in [0, 0.05) is 10.7 Å². The maximum Gasteiger partial charge on any atom is 0.236 e. The molecule has 3 heteroatoms. The van der Waals surface area contributed by atoms with Crippen molar-refractivity contribution in [2.75, 3.05) is 4.90 Å². The van der Waals surface area contributed by atoms with E-state index in [0.29, 0.717) is 11.4 Å². The van der Waals surface area contributed by atoms with Crippen LogP contribution in [0.1, 0.15) is 5.56 Å². The lowest BCUT2D eigenvalue weighted by Crippen LogP contribution is -2.20. The molecule has 1 aliphatic rings. The maximum absolute atomic E-state index is 12.0. The first kappa shape index (κ1) is 10.4. The van der Waals surface area contributed by atoms with E-state index in [0.717, 1.165) is 16.9 Å². The zero-order valence-corrected chi connectivity index (χ0v) is 9.82. The van der Waals surface area contributed by atoms with Crippen LogP contribution in [0.2, 0.25) is 5.02 Å². The van der Waals surface area contributed by atoms with Crippen molar-refractivity contribution in [3.05, 3.63) is 59.1 Å². The van der Waals surface area contributed by atoms with Gasteiger partial charge in [0.15, 0.2) is 0 Å². The summed E-state index contributed by atoms with van der Waals surface area (Å²) in [5.41, 5.74) is 2.91. The number of fused-ring (bicyclic) bond motifs is 1. The quantitative estimate of drug-likeness (QED) is 0.750. The highest BCUT2D eigenvalue weighted by molar-refractivity contribution is 6.30. The lowest BCUT2D eigenvalue weighted by Gasteiger charge is -2.17. The second kappa shape index (κ2) is 3.90. The summed E-state index contributed by atoms with van der Waals surface area (Å²) >= 11 is 5.85. The zero-order valence-electron chi connectivity index (χ0n) is 9.06. The number of amides is 1. The monoisotopic (exact) mass is 243 g/mol. The largest absolute Gasteiger partial charge is 0.280 e. The van der Waals surface area contributed by atoms with Crippen molar-refractivity contribution >= 4 is 28.9 Å². The Morgan fingerprint density at radius 2 is 1.71 bits per heavy atom. The number of rotatable bonds is 1. The molecule has 0 radical (unpaired) electrons. The number of para-hydroxylation sites is 1. The van der Waals surface area contributed by atoms with E-state index in [9.17, 15) is 4.79 Å². The third-order valence-corrected chi connectivity index (χ3v) is 3.16. The van der Waals surface area contributed by atoms with E-state index < -0.39 is 0 Å². The van der Waals surface area contributed by atoms with Crippen molar-refractivity contribution in [1.29, 1.82) is 0 Å². The van der Waals surface area contributed by atoms with Gasteiger partial charge in [-0.05, 0) is 35.9 Å². The number of hydrogen-bond donors (Lipinski definition) is 0. The topological polar surface area (TPSA) is 20.3 Å². The summed E-state index contributed by atoms with van der Waals surface area (Å²) in [7, 11) is 0. The molecule has 0 N–H and O–H groups in total. The van der Waals surface area contributed by atoms with Gasteiger partial charge in [0.2, 0.25) is 5.91 Å². The molecule has 2 nitrogen and oxygen atoms in total. The van der Waals surface area contributed by atoms with Crippen LogP contribution < -0.4 is 4.90 Å². The average molecular weight is 244 g/mol. The van der Waals surface area contributed by atoms with Gasteiger partial charge in [-0.3, -0.25) is 9.69 Å². The summed E-state index contributed by atoms with van der Waals surface area (Å²) in [6, 6.07) is 15.2. The van der Waals surface area contributed by atoms with Gasteiger partial charge in [0.1, 0.15) is 0 Å². The number of nitrogens with zero attached hydrogens (tertiary/aromatic N) is 1. The van der Waals surface area contributed by atoms with Crippen molar-refractivity contribution in [3.8, 4) is 0 Å². The molecule has 17 heavy (non-hydrogen) atoms. The predicted molar refractivity (Wildman–Crippen MR) is 68.7 cm³/mol. The van der Waals surface area contributed by atoms with Gasteiger partial charge in [0.25, 0.3) is 0 Å². The van der Waals surface area contributed by atoms with Gasteiger partial charge >= 0.3 is 0 Å². The normalized spacial score (nSPS) is 13.9. The summed E-state index contributed by atoms with van der Waals surface area (Å²) in [4.78, 5) is 13.8. The van der Waals surface area contributed by atoms with Gasteiger partial charge in [0.05, 0.1) is 12.1 Å². The van der Waals surface area contributed by atoms with Crippen LogP contribution in [-0.4, -0.2) is 5.91 Å². The fourth-order valence-corrected chi connectivity index (χ4v) is 2.25. The van der Waals surface area contributed by atoms with E-state index in [-0.39, 0.29) is 5.91 Å². The van der Waals surface area contributed by atoms with Gasteiger partial charge in [-0.2, -0.15) is 0 Å². The Bertz CT molecular complexity index is 577. The third-order valence-electron chi connectivity index (χ3n) is 2.91. The Morgan fingerprint density at radius 1 is 1.00 bits per heavy atom. The molecule has 0 atom stereocenters. The zero-order chi connectivity index (χ0) is 11.8. The van der Waals surface area contributed by atoms with Gasteiger partial charge in [-0.25, -0.2) is 0 Å². The van der Waals surface area contributed by atoms with Crippen molar-refractivity contribution in [3.63, 3.8) is 0 Å². The number of carbonyl (C=O) groups is 1. The lowest BCUT2D eigenvalue weighted by atomic mass is 10.2. The second-order valence-corrected chi connectivity index (χ2v) is 4.45. The highest BCUT2D eigenvalue weighted by Crippen LogP contribution is 2.35. The fraction of sp³-hybridized carbons (Fsp3) is 0.0714. The molecule has 0 unspecified atom stereocenters. The van der Waals surface area contributed by atoms with Gasteiger partial charge < -0.3 is 0 Å². The molecular formula is C14H10ClNO. The summed E-state index contributed by atoms with van der Waals surface area (Å²) in [5, 5.41) is 0.675. The van der Waals surface area contributed by atoms with Crippen molar-refractivity contribution in [1.82, 2.24) is 0 Å². The van der Waals surface area contributed by atoms with Crippen LogP contribution in [0.3, 0.4) is 0 Å². The fourth-order valence-electron chi connectivity index (χ4n) is 2.13. The molecule has 1 amide bonds. The van der Waals surface area contributed by atoms with E-state index >= 15 is 0 Å². The van der Waals surface area contributed by atoms with E-state index in [1.807, 2.05) is 36.4 Å². The van der Waals surface area contributed by atoms with Crippen LogP contribution in [0.5, 0.6) is 0 Å². The minimum atomic E-state index is 0.105. The lowest BCUT2D eigenvalue weighted by molar-refractivity contribution is -0.116. The molecule has 2 aromatic carbocycles. The van der Waals surface area contributed by atoms with Crippen molar-refractivity contribution in [2.45, 2.75) is 6.42 Å². The molecule has 0 saturated carbocycles. The van der Waals surface area contributed by atoms with E-state index in [1.54, 1.807) is 17.0 Å². The Labute approximate surface area is 104 Å². The molecule has 1 heterocycles. The van der Waals surface area contributed by atoms with Gasteiger partial charge in [-0.1, -0.05) is 29.8 Å². The molecule has 1 aliphatic heterocycles. The molecular weight excluding hydrogens is 234 g/mol. The standard InChI is InChI=1S/C14H10ClNO/c15-11-5-7-12(8-6-11)16-13-4-2-1-3-10(13)9-14(16)17/h1-8H,9H2. The Morgan fingerprint density at radius 3 is 2.47 bits per heavy atom. The number of hydrogen-bond acceptors (Lipinski definition) is 1. The SMILES string of the molecule is O=C1Cc2ccccc2N1c1ccc(Cl)cc1. The first-order chi connectivity index (χ1) is 8.25. The molecule has 0 fully saturated rings. The Hall–Kier alpha value is -1.80. The Kier molecular flexibility index (Phi) is 2.37. The predicted octanol–water partition coefficient (Wildman–Crippen LogP) is 3.56. The molecule has 84 valence electrons. The number of halogens is 1. The van der Waals surface area contributed by atoms with Crippen molar-refractivity contribution < 1.29 is 4.79 Å². The van der Waals surface area contributed by atoms with Crippen LogP contribution >= 0.6 is 11.6 Å². The van der Waals surface area contributed by atoms with Crippen LogP contribution in [0, 0.1) is 0 Å². The summed E-state index contributed by atoms with van der Waals surface area (Å²) in [6.07, 6.45) is 0.471. The second-order valence-electron chi connectivity index (χ2n) is 4.01. The minimum absolute atomic E-state index is 0.105.